The van der Waals surface area contributed by atoms with E-state index in [1.165, 1.54) is 5.56 Å². The molecule has 0 aromatic heterocycles. The molecule has 2 saturated heterocycles. The molecule has 1 aromatic carbocycles. The van der Waals surface area contributed by atoms with E-state index in [9.17, 15) is 4.79 Å². The molecule has 1 atom stereocenters. The molecule has 3 aliphatic rings. The summed E-state index contributed by atoms with van der Waals surface area (Å²) in [6.45, 7) is 7.51. The summed E-state index contributed by atoms with van der Waals surface area (Å²) in [4.78, 5) is 17.8. The molecule has 1 saturated carbocycles. The number of hydrogen-bond acceptors (Lipinski definition) is 3. The van der Waals surface area contributed by atoms with Crippen LogP contribution in [0.1, 0.15) is 64.0 Å². The summed E-state index contributed by atoms with van der Waals surface area (Å²) < 4.78 is 5.47. The zero-order valence-corrected chi connectivity index (χ0v) is 18.8. The third kappa shape index (κ3) is 4.08. The Bertz CT molecular complexity index is 704. The Morgan fingerprint density at radius 3 is 2.28 bits per heavy atom. The van der Waals surface area contributed by atoms with Crippen LogP contribution in [0.4, 0.5) is 0 Å². The molecule has 1 spiro atoms. The second kappa shape index (κ2) is 8.56. The lowest BCUT2D eigenvalue weighted by atomic mass is 9.62. The van der Waals surface area contributed by atoms with Gasteiger partial charge in [-0.25, -0.2) is 0 Å². The van der Waals surface area contributed by atoms with Crippen LogP contribution in [-0.4, -0.2) is 54.6 Å². The number of piperidine rings is 1. The molecular weight excluding hydrogens is 384 g/mol. The summed E-state index contributed by atoms with van der Waals surface area (Å²) in [5.41, 5.74) is 1.66. The maximum atomic E-state index is 13.1. The quantitative estimate of drug-likeness (QED) is 0.695. The number of carbonyl (C=O) groups excluding carboxylic acids is 1. The van der Waals surface area contributed by atoms with Crippen LogP contribution in [0.3, 0.4) is 0 Å². The van der Waals surface area contributed by atoms with Crippen molar-refractivity contribution in [1.29, 1.82) is 0 Å². The Balaban J connectivity index is 1.41. The molecule has 1 aromatic rings. The monoisotopic (exact) mass is 418 g/mol. The van der Waals surface area contributed by atoms with Crippen LogP contribution in [0.2, 0.25) is 5.02 Å². The van der Waals surface area contributed by atoms with E-state index in [0.29, 0.717) is 29.5 Å². The summed E-state index contributed by atoms with van der Waals surface area (Å²) in [6, 6.07) is 9.36. The Kier molecular flexibility index (Phi) is 6.24. The molecular formula is C24H35ClN2O2. The predicted molar refractivity (Wildman–Crippen MR) is 117 cm³/mol. The molecule has 4 nitrogen and oxygen atoms in total. The maximum Gasteiger partial charge on any atom is 0.225 e. The third-order valence-electron chi connectivity index (χ3n) is 7.69. The maximum absolute atomic E-state index is 13.1. The van der Waals surface area contributed by atoms with Gasteiger partial charge in [-0.1, -0.05) is 23.7 Å². The SMILES string of the molecule is COC1CCC(C(=O)N2CCC3(CC2)CN(C(C)C)C3c2ccc(Cl)cc2)CC1. The molecule has 4 rings (SSSR count). The molecule has 1 aliphatic carbocycles. The fourth-order valence-electron chi connectivity index (χ4n) is 5.86. The molecule has 0 bridgehead atoms. The second-order valence-electron chi connectivity index (χ2n) is 9.62. The lowest BCUT2D eigenvalue weighted by Crippen LogP contribution is -2.64. The smallest absolute Gasteiger partial charge is 0.225 e. The van der Waals surface area contributed by atoms with Crippen LogP contribution in [0.25, 0.3) is 0 Å². The van der Waals surface area contributed by atoms with E-state index < -0.39 is 0 Å². The highest BCUT2D eigenvalue weighted by atomic mass is 35.5. The first-order valence-electron chi connectivity index (χ1n) is 11.3. The third-order valence-corrected chi connectivity index (χ3v) is 7.94. The number of ether oxygens (including phenoxy) is 1. The molecule has 2 aliphatic heterocycles. The highest BCUT2D eigenvalue weighted by molar-refractivity contribution is 6.30. The molecule has 0 radical (unpaired) electrons. The van der Waals surface area contributed by atoms with Crippen molar-refractivity contribution in [2.24, 2.45) is 11.3 Å². The van der Waals surface area contributed by atoms with Gasteiger partial charge < -0.3 is 9.64 Å². The van der Waals surface area contributed by atoms with E-state index in [1.807, 2.05) is 12.1 Å². The Morgan fingerprint density at radius 1 is 1.10 bits per heavy atom. The van der Waals surface area contributed by atoms with Crippen molar-refractivity contribution in [1.82, 2.24) is 9.80 Å². The van der Waals surface area contributed by atoms with Crippen LogP contribution >= 0.6 is 11.6 Å². The van der Waals surface area contributed by atoms with Gasteiger partial charge >= 0.3 is 0 Å². The number of hydrogen-bond donors (Lipinski definition) is 0. The summed E-state index contributed by atoms with van der Waals surface area (Å²) in [5.74, 6) is 0.591. The van der Waals surface area contributed by atoms with Crippen molar-refractivity contribution in [3.63, 3.8) is 0 Å². The summed E-state index contributed by atoms with van der Waals surface area (Å²) in [5, 5.41) is 0.793. The molecule has 160 valence electrons. The van der Waals surface area contributed by atoms with Gasteiger partial charge in [-0.2, -0.15) is 0 Å². The minimum absolute atomic E-state index is 0.205. The summed E-state index contributed by atoms with van der Waals surface area (Å²) >= 11 is 6.13. The molecule has 5 heteroatoms. The molecule has 29 heavy (non-hydrogen) atoms. The number of methoxy groups -OCH3 is 1. The van der Waals surface area contributed by atoms with Crippen molar-refractivity contribution in [3.05, 3.63) is 34.9 Å². The highest BCUT2D eigenvalue weighted by Gasteiger charge is 2.55. The van der Waals surface area contributed by atoms with Gasteiger partial charge in [-0.3, -0.25) is 9.69 Å². The van der Waals surface area contributed by atoms with Crippen LogP contribution in [0.15, 0.2) is 24.3 Å². The Hall–Kier alpha value is -1.10. The number of likely N-dealkylation sites (tertiary alicyclic amines) is 2. The molecule has 2 heterocycles. The standard InChI is InChI=1S/C24H35ClN2O2/c1-17(2)27-16-24(22(27)18-4-8-20(25)9-5-18)12-14-26(15-13-24)23(28)19-6-10-21(29-3)11-7-19/h4-5,8-9,17,19,21-22H,6-7,10-16H2,1-3H3. The number of benzene rings is 1. The topological polar surface area (TPSA) is 32.8 Å². The van der Waals surface area contributed by atoms with Gasteiger partial charge in [0, 0.05) is 55.2 Å². The average Bonchev–Trinajstić information content (AvgIpc) is 2.73. The van der Waals surface area contributed by atoms with Crippen molar-refractivity contribution < 1.29 is 9.53 Å². The number of carbonyl (C=O) groups is 1. The van der Waals surface area contributed by atoms with Gasteiger partial charge in [0.15, 0.2) is 0 Å². The average molecular weight is 419 g/mol. The van der Waals surface area contributed by atoms with E-state index in [2.05, 4.69) is 35.8 Å². The van der Waals surface area contributed by atoms with Crippen LogP contribution in [0.5, 0.6) is 0 Å². The van der Waals surface area contributed by atoms with Crippen molar-refractivity contribution in [2.45, 2.75) is 70.6 Å². The minimum atomic E-state index is 0.205. The second-order valence-corrected chi connectivity index (χ2v) is 10.1. The zero-order chi connectivity index (χ0) is 20.6. The van der Waals surface area contributed by atoms with Gasteiger partial charge in [-0.15, -0.1) is 0 Å². The first-order chi connectivity index (χ1) is 13.9. The van der Waals surface area contributed by atoms with Gasteiger partial charge in [0.2, 0.25) is 5.91 Å². The van der Waals surface area contributed by atoms with E-state index in [4.69, 9.17) is 16.3 Å². The van der Waals surface area contributed by atoms with E-state index in [0.717, 1.165) is 63.2 Å². The minimum Gasteiger partial charge on any atom is -0.381 e. The molecule has 1 unspecified atom stereocenters. The zero-order valence-electron chi connectivity index (χ0n) is 18.1. The molecule has 1 amide bonds. The summed E-state index contributed by atoms with van der Waals surface area (Å²) in [7, 11) is 1.78. The van der Waals surface area contributed by atoms with Crippen molar-refractivity contribution >= 4 is 17.5 Å². The first-order valence-corrected chi connectivity index (χ1v) is 11.6. The van der Waals surface area contributed by atoms with Gasteiger partial charge in [-0.05, 0) is 70.1 Å². The van der Waals surface area contributed by atoms with E-state index >= 15 is 0 Å². The fourth-order valence-corrected chi connectivity index (χ4v) is 5.99. The first kappa shape index (κ1) is 21.1. The van der Waals surface area contributed by atoms with Crippen LogP contribution in [0, 0.1) is 11.3 Å². The van der Waals surface area contributed by atoms with Crippen molar-refractivity contribution in [2.75, 3.05) is 26.7 Å². The predicted octanol–water partition coefficient (Wildman–Crippen LogP) is 4.92. The summed E-state index contributed by atoms with van der Waals surface area (Å²) in [6.07, 6.45) is 6.55. The normalized spacial score (nSPS) is 29.8. The van der Waals surface area contributed by atoms with Gasteiger partial charge in [0.25, 0.3) is 0 Å². The van der Waals surface area contributed by atoms with Gasteiger partial charge in [0.1, 0.15) is 0 Å². The number of amides is 1. The lowest BCUT2D eigenvalue weighted by molar-refractivity contribution is -0.152. The van der Waals surface area contributed by atoms with Crippen LogP contribution in [-0.2, 0) is 9.53 Å². The van der Waals surface area contributed by atoms with Gasteiger partial charge in [0.05, 0.1) is 6.10 Å². The Morgan fingerprint density at radius 2 is 1.72 bits per heavy atom. The van der Waals surface area contributed by atoms with Crippen molar-refractivity contribution in [3.8, 4) is 0 Å². The highest BCUT2D eigenvalue weighted by Crippen LogP contribution is 2.55. The number of halogens is 1. The van der Waals surface area contributed by atoms with E-state index in [-0.39, 0.29) is 5.92 Å². The Labute approximate surface area is 180 Å². The number of nitrogens with zero attached hydrogens (tertiary/aromatic N) is 2. The molecule has 3 fully saturated rings. The van der Waals surface area contributed by atoms with E-state index in [1.54, 1.807) is 7.11 Å². The largest absolute Gasteiger partial charge is 0.381 e. The fraction of sp³-hybridized carbons (Fsp3) is 0.708. The molecule has 0 N–H and O–H groups in total. The number of rotatable bonds is 4. The van der Waals surface area contributed by atoms with Crippen LogP contribution < -0.4 is 0 Å². The lowest BCUT2D eigenvalue weighted by Gasteiger charge is -2.62.